The van der Waals surface area contributed by atoms with Crippen molar-refractivity contribution < 1.29 is 18.7 Å². The van der Waals surface area contributed by atoms with Crippen LogP contribution in [-0.4, -0.2) is 28.5 Å². The van der Waals surface area contributed by atoms with E-state index in [0.717, 1.165) is 22.3 Å². The number of esters is 1. The molecule has 4 aromatic rings. The lowest BCUT2D eigenvalue weighted by molar-refractivity contribution is -0.141. The van der Waals surface area contributed by atoms with Crippen LogP contribution in [0.3, 0.4) is 0 Å². The number of halogens is 1. The second kappa shape index (κ2) is 9.43. The Labute approximate surface area is 207 Å². The van der Waals surface area contributed by atoms with Crippen molar-refractivity contribution >= 4 is 40.2 Å². The number of benzene rings is 2. The van der Waals surface area contributed by atoms with Gasteiger partial charge in [-0.3, -0.25) is 4.79 Å². The molecule has 0 aliphatic heterocycles. The molecule has 1 amide bonds. The highest BCUT2D eigenvalue weighted by Crippen LogP contribution is 2.34. The van der Waals surface area contributed by atoms with Gasteiger partial charge in [0.25, 0.3) is 5.91 Å². The molecular formula is C27H24ClN3O4. The van der Waals surface area contributed by atoms with E-state index in [-0.39, 0.29) is 11.8 Å². The van der Waals surface area contributed by atoms with Crippen molar-refractivity contribution in [2.75, 3.05) is 5.32 Å². The number of furan rings is 1. The Morgan fingerprint density at radius 3 is 2.49 bits per heavy atom. The second-order valence-corrected chi connectivity index (χ2v) is 9.16. The molecule has 7 nitrogen and oxygen atoms in total. The Kier molecular flexibility index (Phi) is 6.17. The number of anilines is 1. The van der Waals surface area contributed by atoms with Gasteiger partial charge in [-0.1, -0.05) is 29.8 Å². The fraction of sp³-hybridized carbons (Fsp3) is 0.222. The number of carbonyl (C=O) groups excluding carboxylic acids is 2. The monoisotopic (exact) mass is 489 g/mol. The number of hydrogen-bond donors (Lipinski definition) is 2. The van der Waals surface area contributed by atoms with E-state index in [1.807, 2.05) is 36.4 Å². The molecule has 3 N–H and O–H groups in total. The van der Waals surface area contributed by atoms with Crippen LogP contribution in [0.1, 0.15) is 36.2 Å². The van der Waals surface area contributed by atoms with Crippen molar-refractivity contribution in [3.05, 3.63) is 83.6 Å². The van der Waals surface area contributed by atoms with E-state index in [0.29, 0.717) is 36.5 Å². The van der Waals surface area contributed by atoms with Gasteiger partial charge in [0.15, 0.2) is 5.60 Å². The zero-order valence-electron chi connectivity index (χ0n) is 18.9. The second-order valence-electron chi connectivity index (χ2n) is 8.73. The van der Waals surface area contributed by atoms with Gasteiger partial charge in [0.2, 0.25) is 5.76 Å². The van der Waals surface area contributed by atoms with Crippen LogP contribution in [0.4, 0.5) is 5.82 Å². The first-order valence-electron chi connectivity index (χ1n) is 11.4. The summed E-state index contributed by atoms with van der Waals surface area (Å²) in [5, 5.41) is 5.10. The van der Waals surface area contributed by atoms with Crippen LogP contribution in [0.2, 0.25) is 5.02 Å². The summed E-state index contributed by atoms with van der Waals surface area (Å²) in [7, 11) is 0. The average Bonchev–Trinajstić information content (AvgIpc) is 3.36. The van der Waals surface area contributed by atoms with Gasteiger partial charge in [-0.2, -0.15) is 0 Å². The Bertz CT molecular complexity index is 1370. The number of carbonyl (C=O) groups is 2. The van der Waals surface area contributed by atoms with Gasteiger partial charge in [0.05, 0.1) is 5.52 Å². The van der Waals surface area contributed by atoms with Crippen LogP contribution >= 0.6 is 11.6 Å². The minimum absolute atomic E-state index is 0.0104. The van der Waals surface area contributed by atoms with Crippen molar-refractivity contribution in [2.24, 2.45) is 5.73 Å². The third-order valence-electron chi connectivity index (χ3n) is 6.42. The average molecular weight is 490 g/mol. The highest BCUT2D eigenvalue weighted by molar-refractivity contribution is 6.30. The maximum atomic E-state index is 12.8. The standard InChI is InChI=1S/C27H24ClN3O4/c28-19-8-5-18(6-9-19)22-10-11-23(34-22)25(32)35-27(26(29)33)15-13-20(14-16-27)30-24-12-7-17-3-1-2-4-21(17)31-24/h1-12,20H,13-16H2,(H2,29,33)(H,30,31). The summed E-state index contributed by atoms with van der Waals surface area (Å²) in [5.74, 6) is -0.0967. The van der Waals surface area contributed by atoms with Crippen LogP contribution in [-0.2, 0) is 9.53 Å². The van der Waals surface area contributed by atoms with Gasteiger partial charge in [-0.05, 0) is 80.3 Å². The predicted molar refractivity (Wildman–Crippen MR) is 134 cm³/mol. The number of primary amides is 1. The summed E-state index contributed by atoms with van der Waals surface area (Å²) >= 11 is 5.93. The van der Waals surface area contributed by atoms with E-state index >= 15 is 0 Å². The normalized spacial score (nSPS) is 19.9. The Morgan fingerprint density at radius 1 is 1.00 bits per heavy atom. The first kappa shape index (κ1) is 22.9. The highest BCUT2D eigenvalue weighted by Gasteiger charge is 2.44. The van der Waals surface area contributed by atoms with E-state index in [9.17, 15) is 9.59 Å². The van der Waals surface area contributed by atoms with Crippen LogP contribution in [0, 0.1) is 0 Å². The number of rotatable bonds is 6. The number of para-hydroxylation sites is 1. The molecule has 5 rings (SSSR count). The molecule has 1 fully saturated rings. The molecule has 0 saturated heterocycles. The number of amides is 1. The molecule has 35 heavy (non-hydrogen) atoms. The minimum Gasteiger partial charge on any atom is -0.449 e. The third-order valence-corrected chi connectivity index (χ3v) is 6.67. The maximum Gasteiger partial charge on any atom is 0.375 e. The number of nitrogens with one attached hydrogen (secondary N) is 1. The molecule has 1 aliphatic rings. The number of hydrogen-bond acceptors (Lipinski definition) is 6. The van der Waals surface area contributed by atoms with Crippen LogP contribution in [0.5, 0.6) is 0 Å². The van der Waals surface area contributed by atoms with E-state index in [1.165, 1.54) is 6.07 Å². The summed E-state index contributed by atoms with van der Waals surface area (Å²) in [6.45, 7) is 0. The summed E-state index contributed by atoms with van der Waals surface area (Å²) in [5.41, 5.74) is 6.01. The lowest BCUT2D eigenvalue weighted by atomic mass is 9.81. The Morgan fingerprint density at radius 2 is 1.74 bits per heavy atom. The Hall–Kier alpha value is -3.84. The number of aromatic nitrogens is 1. The molecule has 0 unspecified atom stereocenters. The van der Waals surface area contributed by atoms with Crippen molar-refractivity contribution in [2.45, 2.75) is 37.3 Å². The van der Waals surface area contributed by atoms with E-state index in [4.69, 9.17) is 26.5 Å². The van der Waals surface area contributed by atoms with Gasteiger partial charge in [0.1, 0.15) is 11.6 Å². The fourth-order valence-electron chi connectivity index (χ4n) is 4.43. The molecule has 0 spiro atoms. The molecule has 0 radical (unpaired) electrons. The number of pyridine rings is 1. The highest BCUT2D eigenvalue weighted by atomic mass is 35.5. The van der Waals surface area contributed by atoms with Crippen LogP contribution in [0.15, 0.2) is 77.2 Å². The number of fused-ring (bicyclic) bond motifs is 1. The van der Waals surface area contributed by atoms with E-state index in [2.05, 4.69) is 10.3 Å². The van der Waals surface area contributed by atoms with Crippen molar-refractivity contribution in [1.82, 2.24) is 4.98 Å². The lowest BCUT2D eigenvalue weighted by Gasteiger charge is -2.37. The molecule has 2 heterocycles. The van der Waals surface area contributed by atoms with Crippen molar-refractivity contribution in [1.29, 1.82) is 0 Å². The third kappa shape index (κ3) is 4.86. The van der Waals surface area contributed by atoms with Crippen molar-refractivity contribution in [3.63, 3.8) is 0 Å². The zero-order chi connectivity index (χ0) is 24.4. The first-order valence-corrected chi connectivity index (χ1v) is 11.8. The quantitative estimate of drug-likeness (QED) is 0.342. The molecule has 0 atom stereocenters. The number of ether oxygens (including phenoxy) is 1. The summed E-state index contributed by atoms with van der Waals surface area (Å²) < 4.78 is 11.4. The first-order chi connectivity index (χ1) is 16.9. The SMILES string of the molecule is NC(=O)C1(OC(=O)c2ccc(-c3ccc(Cl)cc3)o2)CCC(Nc2ccc3ccccc3n2)CC1. The van der Waals surface area contributed by atoms with Crippen molar-refractivity contribution in [3.8, 4) is 11.3 Å². The Balaban J connectivity index is 1.24. The molecule has 8 heteroatoms. The smallest absolute Gasteiger partial charge is 0.375 e. The predicted octanol–water partition coefficient (Wildman–Crippen LogP) is 5.58. The van der Waals surface area contributed by atoms with E-state index in [1.54, 1.807) is 30.3 Å². The molecule has 0 bridgehead atoms. The molecule has 178 valence electrons. The molecule has 2 aromatic heterocycles. The summed E-state index contributed by atoms with van der Waals surface area (Å²) in [6, 6.07) is 22.2. The van der Waals surface area contributed by atoms with Crippen LogP contribution in [0.25, 0.3) is 22.2 Å². The van der Waals surface area contributed by atoms with Crippen LogP contribution < -0.4 is 11.1 Å². The summed E-state index contributed by atoms with van der Waals surface area (Å²) in [6.07, 6.45) is 1.81. The van der Waals surface area contributed by atoms with Gasteiger partial charge in [0, 0.05) is 22.0 Å². The van der Waals surface area contributed by atoms with Gasteiger partial charge in [-0.15, -0.1) is 0 Å². The topological polar surface area (TPSA) is 107 Å². The number of nitrogens with two attached hydrogens (primary N) is 1. The molecule has 2 aromatic carbocycles. The van der Waals surface area contributed by atoms with Gasteiger partial charge in [-0.25, -0.2) is 9.78 Å². The number of nitrogens with zero attached hydrogens (tertiary/aromatic N) is 1. The fourth-order valence-corrected chi connectivity index (χ4v) is 4.55. The molecule has 1 aliphatic carbocycles. The van der Waals surface area contributed by atoms with E-state index < -0.39 is 17.5 Å². The zero-order valence-corrected chi connectivity index (χ0v) is 19.6. The minimum atomic E-state index is -1.38. The largest absolute Gasteiger partial charge is 0.449 e. The maximum absolute atomic E-state index is 12.8. The summed E-state index contributed by atoms with van der Waals surface area (Å²) in [4.78, 5) is 29.9. The lowest BCUT2D eigenvalue weighted by Crippen LogP contribution is -2.51. The van der Waals surface area contributed by atoms with Gasteiger partial charge >= 0.3 is 5.97 Å². The molecule has 1 saturated carbocycles. The van der Waals surface area contributed by atoms with Gasteiger partial charge < -0.3 is 20.2 Å². The molecular weight excluding hydrogens is 466 g/mol.